The maximum atomic E-state index is 13.1. The lowest BCUT2D eigenvalue weighted by Gasteiger charge is -2.23. The number of aliphatic hydroxyl groups excluding tert-OH is 1. The van der Waals surface area contributed by atoms with Crippen molar-refractivity contribution in [1.29, 1.82) is 0 Å². The molecular weight excluding hydrogens is 422 g/mol. The monoisotopic (exact) mass is 439 g/mol. The van der Waals surface area contributed by atoms with Crippen molar-refractivity contribution < 1.29 is 28.6 Å². The van der Waals surface area contributed by atoms with Gasteiger partial charge in [-0.2, -0.15) is 0 Å². The average Bonchev–Trinajstić information content (AvgIpc) is 3.40. The number of ketones is 1. The fourth-order valence-electron chi connectivity index (χ4n) is 3.59. The second-order valence-corrected chi connectivity index (χ2v) is 7.11. The predicted molar refractivity (Wildman–Crippen MR) is 114 cm³/mol. The molecule has 1 amide bonds. The van der Waals surface area contributed by atoms with Crippen LogP contribution in [-0.2, 0) is 9.59 Å². The van der Waals surface area contributed by atoms with Crippen molar-refractivity contribution in [2.75, 3.05) is 19.1 Å². The van der Waals surface area contributed by atoms with Crippen molar-refractivity contribution in [3.8, 4) is 11.5 Å². The number of amides is 1. The van der Waals surface area contributed by atoms with Crippen molar-refractivity contribution >= 4 is 34.7 Å². The van der Waals surface area contributed by atoms with Gasteiger partial charge in [0, 0.05) is 11.8 Å². The maximum Gasteiger partial charge on any atom is 0.300 e. The summed E-state index contributed by atoms with van der Waals surface area (Å²) in [5, 5.41) is 11.5. The predicted octanol–water partition coefficient (Wildman–Crippen LogP) is 4.58. The van der Waals surface area contributed by atoms with Gasteiger partial charge in [-0.05, 0) is 30.3 Å². The van der Waals surface area contributed by atoms with Crippen LogP contribution in [0.3, 0.4) is 0 Å². The summed E-state index contributed by atoms with van der Waals surface area (Å²) >= 11 is 6.16. The average molecular weight is 440 g/mol. The third-order valence-corrected chi connectivity index (χ3v) is 5.32. The summed E-state index contributed by atoms with van der Waals surface area (Å²) in [5.74, 6) is -1.24. The molecule has 1 fully saturated rings. The number of aliphatic hydroxyl groups is 1. The number of para-hydroxylation sites is 1. The van der Waals surface area contributed by atoms with E-state index in [4.69, 9.17) is 25.5 Å². The highest BCUT2D eigenvalue weighted by Gasteiger charge is 2.48. The van der Waals surface area contributed by atoms with Crippen molar-refractivity contribution in [1.82, 2.24) is 0 Å². The minimum Gasteiger partial charge on any atom is -0.507 e. The van der Waals surface area contributed by atoms with E-state index in [1.54, 1.807) is 42.5 Å². The third kappa shape index (κ3) is 3.43. The molecule has 158 valence electrons. The van der Waals surface area contributed by atoms with Gasteiger partial charge in [-0.1, -0.05) is 29.8 Å². The molecule has 1 atom stereocenters. The Morgan fingerprint density at radius 3 is 2.35 bits per heavy atom. The molecule has 0 saturated carbocycles. The van der Waals surface area contributed by atoms with E-state index in [-0.39, 0.29) is 27.7 Å². The quantitative estimate of drug-likeness (QED) is 0.355. The number of benzene rings is 2. The first kappa shape index (κ1) is 20.6. The summed E-state index contributed by atoms with van der Waals surface area (Å²) in [7, 11) is 2.83. The van der Waals surface area contributed by atoms with Crippen LogP contribution in [0.1, 0.15) is 17.4 Å². The highest BCUT2D eigenvalue weighted by atomic mass is 35.5. The summed E-state index contributed by atoms with van der Waals surface area (Å²) in [4.78, 5) is 27.4. The Bertz CT molecular complexity index is 1170. The van der Waals surface area contributed by atoms with Gasteiger partial charge in [0.2, 0.25) is 0 Å². The van der Waals surface area contributed by atoms with Crippen LogP contribution in [0.25, 0.3) is 5.76 Å². The van der Waals surface area contributed by atoms with Gasteiger partial charge in [-0.15, -0.1) is 0 Å². The first-order valence-corrected chi connectivity index (χ1v) is 9.67. The van der Waals surface area contributed by atoms with E-state index >= 15 is 0 Å². The van der Waals surface area contributed by atoms with E-state index in [1.165, 1.54) is 37.5 Å². The molecule has 0 bridgehead atoms. The number of rotatable bonds is 5. The van der Waals surface area contributed by atoms with Gasteiger partial charge in [-0.3, -0.25) is 14.5 Å². The Balaban J connectivity index is 1.97. The molecule has 0 spiro atoms. The lowest BCUT2D eigenvalue weighted by Crippen LogP contribution is -2.29. The van der Waals surface area contributed by atoms with Crippen LogP contribution in [-0.4, -0.2) is 31.0 Å². The van der Waals surface area contributed by atoms with E-state index in [0.29, 0.717) is 11.4 Å². The standard InChI is InChI=1S/C23H18ClNO6/c1-29-17-12-15(24)18(30-2)11-14(17)21(26)19-20(16-9-6-10-31-16)25(23(28)22(19)27)13-7-4-3-5-8-13/h3-12,20,26H,1-2H3/b21-19+. The minimum atomic E-state index is -0.969. The molecule has 1 aliphatic rings. The molecule has 4 rings (SSSR count). The zero-order valence-corrected chi connectivity index (χ0v) is 17.4. The molecule has 3 aromatic rings. The number of Topliss-reactive ketones (excluding diaryl/α,β-unsaturated/α-hetero) is 1. The first-order valence-electron chi connectivity index (χ1n) is 9.29. The molecule has 2 heterocycles. The fraction of sp³-hybridized carbons (Fsp3) is 0.130. The molecule has 31 heavy (non-hydrogen) atoms. The van der Waals surface area contributed by atoms with Gasteiger partial charge in [0.1, 0.15) is 29.1 Å². The molecule has 2 aromatic carbocycles. The van der Waals surface area contributed by atoms with E-state index in [2.05, 4.69) is 0 Å². The Hall–Kier alpha value is -3.71. The second-order valence-electron chi connectivity index (χ2n) is 6.71. The number of ether oxygens (including phenoxy) is 2. The molecule has 8 heteroatoms. The first-order chi connectivity index (χ1) is 15.0. The minimum absolute atomic E-state index is 0.133. The highest BCUT2D eigenvalue weighted by Crippen LogP contribution is 2.44. The van der Waals surface area contributed by atoms with E-state index in [1.807, 2.05) is 0 Å². The molecule has 1 N–H and O–H groups in total. The number of furan rings is 1. The van der Waals surface area contributed by atoms with E-state index < -0.39 is 23.5 Å². The number of methoxy groups -OCH3 is 2. The van der Waals surface area contributed by atoms with E-state index in [0.717, 1.165) is 0 Å². The zero-order chi connectivity index (χ0) is 22.1. The molecule has 1 saturated heterocycles. The molecule has 1 aliphatic heterocycles. The highest BCUT2D eigenvalue weighted by molar-refractivity contribution is 6.51. The largest absolute Gasteiger partial charge is 0.507 e. The van der Waals surface area contributed by atoms with Crippen LogP contribution in [0.5, 0.6) is 11.5 Å². The normalized spacial score (nSPS) is 17.8. The number of halogens is 1. The van der Waals surface area contributed by atoms with Crippen LogP contribution < -0.4 is 14.4 Å². The molecule has 0 aliphatic carbocycles. The fourth-order valence-corrected chi connectivity index (χ4v) is 3.82. The van der Waals surface area contributed by atoms with Gasteiger partial charge < -0.3 is 19.0 Å². The molecule has 1 aromatic heterocycles. The Morgan fingerprint density at radius 2 is 1.74 bits per heavy atom. The molecule has 7 nitrogen and oxygen atoms in total. The van der Waals surface area contributed by atoms with Crippen molar-refractivity contribution in [3.05, 3.63) is 82.8 Å². The molecule has 1 unspecified atom stereocenters. The van der Waals surface area contributed by atoms with Crippen LogP contribution in [0, 0.1) is 0 Å². The Morgan fingerprint density at radius 1 is 1.03 bits per heavy atom. The van der Waals surface area contributed by atoms with Crippen molar-refractivity contribution in [2.45, 2.75) is 6.04 Å². The van der Waals surface area contributed by atoms with Crippen LogP contribution in [0.4, 0.5) is 5.69 Å². The van der Waals surface area contributed by atoms with Crippen molar-refractivity contribution in [3.63, 3.8) is 0 Å². The lowest BCUT2D eigenvalue weighted by molar-refractivity contribution is -0.132. The van der Waals surface area contributed by atoms with Gasteiger partial charge >= 0.3 is 0 Å². The maximum absolute atomic E-state index is 13.1. The summed E-state index contributed by atoms with van der Waals surface area (Å²) < 4.78 is 16.1. The Kier molecular flexibility index (Phi) is 5.44. The number of hydrogen-bond acceptors (Lipinski definition) is 6. The van der Waals surface area contributed by atoms with Crippen LogP contribution in [0.15, 0.2) is 70.9 Å². The van der Waals surface area contributed by atoms with Gasteiger partial charge in [-0.25, -0.2) is 0 Å². The Labute approximate surface area is 183 Å². The SMILES string of the molecule is COc1cc(/C(O)=C2\C(=O)C(=O)N(c3ccccc3)C2c2ccco2)c(OC)cc1Cl. The van der Waals surface area contributed by atoms with Gasteiger partial charge in [0.25, 0.3) is 11.7 Å². The second kappa shape index (κ2) is 8.20. The number of carbonyl (C=O) groups is 2. The van der Waals surface area contributed by atoms with Crippen molar-refractivity contribution in [2.24, 2.45) is 0 Å². The van der Waals surface area contributed by atoms with E-state index in [9.17, 15) is 14.7 Å². The number of nitrogens with zero attached hydrogens (tertiary/aromatic N) is 1. The summed E-state index contributed by atoms with van der Waals surface area (Å²) in [6, 6.07) is 13.9. The summed E-state index contributed by atoms with van der Waals surface area (Å²) in [6.07, 6.45) is 1.44. The third-order valence-electron chi connectivity index (χ3n) is 5.02. The van der Waals surface area contributed by atoms with Gasteiger partial charge in [0.05, 0.1) is 36.6 Å². The van der Waals surface area contributed by atoms with Crippen LogP contribution in [0.2, 0.25) is 5.02 Å². The number of carbonyl (C=O) groups excluding carboxylic acids is 2. The molecular formula is C23H18ClNO6. The molecule has 0 radical (unpaired) electrons. The summed E-state index contributed by atoms with van der Waals surface area (Å²) in [5.41, 5.74) is 0.517. The summed E-state index contributed by atoms with van der Waals surface area (Å²) in [6.45, 7) is 0. The zero-order valence-electron chi connectivity index (χ0n) is 16.7. The lowest BCUT2D eigenvalue weighted by atomic mass is 9.98. The number of hydrogen-bond donors (Lipinski definition) is 1. The topological polar surface area (TPSA) is 89.2 Å². The number of anilines is 1. The smallest absolute Gasteiger partial charge is 0.300 e. The van der Waals surface area contributed by atoms with Gasteiger partial charge in [0.15, 0.2) is 0 Å². The van der Waals surface area contributed by atoms with Crippen LogP contribution >= 0.6 is 11.6 Å².